The number of ether oxygens (including phenoxy) is 1. The van der Waals surface area contributed by atoms with E-state index in [4.69, 9.17) is 9.26 Å². The first-order chi connectivity index (χ1) is 5.29. The average molecular weight is 172 g/mol. The zero-order chi connectivity index (χ0) is 8.27. The summed E-state index contributed by atoms with van der Waals surface area (Å²) < 4.78 is 9.73. The van der Waals surface area contributed by atoms with Crippen molar-refractivity contribution < 1.29 is 14.4 Å². The van der Waals surface area contributed by atoms with Crippen molar-refractivity contribution >= 4 is 9.47 Å². The molecule has 60 valence electrons. The first kappa shape index (κ1) is 8.15. The Kier molecular flexibility index (Phi) is 2.55. The third-order valence-corrected chi connectivity index (χ3v) is 1.53. The molecule has 1 rings (SSSR count). The van der Waals surface area contributed by atoms with Gasteiger partial charge in [-0.3, -0.25) is 0 Å². The van der Waals surface area contributed by atoms with Crippen molar-refractivity contribution in [3.63, 3.8) is 0 Å². The molecule has 4 heteroatoms. The van der Waals surface area contributed by atoms with E-state index in [0.717, 1.165) is 0 Å². The Hall–Kier alpha value is -0.950. The van der Waals surface area contributed by atoms with Gasteiger partial charge in [-0.05, 0) is 12.1 Å². The van der Waals surface area contributed by atoms with E-state index < -0.39 is 0 Å². The molecule has 0 bridgehead atoms. The van der Waals surface area contributed by atoms with Crippen molar-refractivity contribution in [2.75, 3.05) is 7.11 Å². The summed E-state index contributed by atoms with van der Waals surface area (Å²) in [7, 11) is 3.57. The van der Waals surface area contributed by atoms with Crippen LogP contribution in [0.3, 0.4) is 0 Å². The van der Waals surface area contributed by atoms with Crippen LogP contribution in [0.2, 0.25) is 0 Å². The first-order valence-electron chi connectivity index (χ1n) is 3.02. The van der Waals surface area contributed by atoms with Gasteiger partial charge in [-0.1, -0.05) is 6.07 Å². The van der Waals surface area contributed by atoms with Crippen molar-refractivity contribution in [2.24, 2.45) is 0 Å². The zero-order valence-electron chi connectivity index (χ0n) is 6.07. The molecule has 11 heavy (non-hydrogen) atoms. The number of phenols is 1. The molecule has 0 amide bonds. The second-order valence-electron chi connectivity index (χ2n) is 1.93. The predicted octanol–water partition coefficient (Wildman–Crippen LogP) is 1.57. The molecule has 0 aromatic heterocycles. The molecule has 0 saturated carbocycles. The molecule has 1 unspecified atom stereocenters. The lowest BCUT2D eigenvalue weighted by molar-refractivity contribution is 0.384. The lowest BCUT2D eigenvalue weighted by Crippen LogP contribution is -1.85. The molecule has 1 aromatic carbocycles. The maximum atomic E-state index is 9.20. The van der Waals surface area contributed by atoms with Gasteiger partial charge in [0.2, 0.25) is 5.75 Å². The Morgan fingerprint density at radius 1 is 1.45 bits per heavy atom. The third-order valence-electron chi connectivity index (χ3n) is 1.30. The fourth-order valence-electron chi connectivity index (χ4n) is 0.783. The second kappa shape index (κ2) is 3.44. The number of methoxy groups -OCH3 is 1. The molecule has 3 nitrogen and oxygen atoms in total. The van der Waals surface area contributed by atoms with Crippen molar-refractivity contribution in [1.29, 1.82) is 0 Å². The van der Waals surface area contributed by atoms with Gasteiger partial charge < -0.3 is 14.4 Å². The van der Waals surface area contributed by atoms with Crippen LogP contribution in [0.15, 0.2) is 18.2 Å². The van der Waals surface area contributed by atoms with Crippen LogP contribution in [0.5, 0.6) is 17.2 Å². The van der Waals surface area contributed by atoms with Gasteiger partial charge in [-0.15, -0.1) is 0 Å². The molecule has 0 spiro atoms. The van der Waals surface area contributed by atoms with E-state index in [0.29, 0.717) is 11.5 Å². The highest BCUT2D eigenvalue weighted by Gasteiger charge is 2.06. The normalized spacial score (nSPS) is 9.27. The standard InChI is InChI=1S/C7H9O3P/c1-9-6-4-2-3-5(8)7(6)10-11/h2-4,8H,11H2,1H3. The number of hydrogen-bond acceptors (Lipinski definition) is 3. The molecular formula is C7H9O3P. The third kappa shape index (κ3) is 1.55. The Balaban J connectivity index is 3.13. The Morgan fingerprint density at radius 2 is 2.18 bits per heavy atom. The summed E-state index contributed by atoms with van der Waals surface area (Å²) in [4.78, 5) is 0. The second-order valence-corrected chi connectivity index (χ2v) is 2.16. The van der Waals surface area contributed by atoms with Crippen LogP contribution in [0.1, 0.15) is 0 Å². The lowest BCUT2D eigenvalue weighted by atomic mass is 10.3. The van der Waals surface area contributed by atoms with Gasteiger partial charge in [0.15, 0.2) is 11.5 Å². The van der Waals surface area contributed by atoms with E-state index in [-0.39, 0.29) is 5.75 Å². The SMILES string of the molecule is COc1cccc(O)c1OP. The van der Waals surface area contributed by atoms with Crippen molar-refractivity contribution in [1.82, 2.24) is 0 Å². The predicted molar refractivity (Wildman–Crippen MR) is 45.0 cm³/mol. The van der Waals surface area contributed by atoms with Gasteiger partial charge in [0.05, 0.1) is 16.6 Å². The molecule has 1 atom stereocenters. The Bertz CT molecular complexity index is 249. The minimum absolute atomic E-state index is 0.0688. The van der Waals surface area contributed by atoms with Gasteiger partial charge in [0.25, 0.3) is 0 Å². The minimum atomic E-state index is 0.0688. The summed E-state index contributed by atoms with van der Waals surface area (Å²) in [6.07, 6.45) is 0. The highest BCUT2D eigenvalue weighted by atomic mass is 31.0. The molecule has 0 fully saturated rings. The van der Waals surface area contributed by atoms with E-state index in [1.165, 1.54) is 13.2 Å². The zero-order valence-corrected chi connectivity index (χ0v) is 7.23. The summed E-state index contributed by atoms with van der Waals surface area (Å²) in [5.74, 6) is 0.916. The molecule has 1 N–H and O–H groups in total. The Labute approximate surface area is 67.2 Å². The number of para-hydroxylation sites is 1. The van der Waals surface area contributed by atoms with Gasteiger partial charge in [-0.2, -0.15) is 0 Å². The number of benzene rings is 1. The molecule has 0 radical (unpaired) electrons. The number of aromatic hydroxyl groups is 1. The van der Waals surface area contributed by atoms with Gasteiger partial charge >= 0.3 is 0 Å². The van der Waals surface area contributed by atoms with E-state index in [9.17, 15) is 5.11 Å². The van der Waals surface area contributed by atoms with Crippen molar-refractivity contribution in [2.45, 2.75) is 0 Å². The van der Waals surface area contributed by atoms with E-state index in [1.54, 1.807) is 12.1 Å². The molecular weight excluding hydrogens is 163 g/mol. The average Bonchev–Trinajstić information content (AvgIpc) is 2.04. The maximum Gasteiger partial charge on any atom is 0.206 e. The monoisotopic (exact) mass is 172 g/mol. The summed E-state index contributed by atoms with van der Waals surface area (Å²) in [6, 6.07) is 4.92. The van der Waals surface area contributed by atoms with Crippen LogP contribution in [-0.4, -0.2) is 12.2 Å². The fourth-order valence-corrected chi connectivity index (χ4v) is 1.02. The molecule has 0 aliphatic rings. The smallest absolute Gasteiger partial charge is 0.206 e. The highest BCUT2D eigenvalue weighted by Crippen LogP contribution is 2.36. The van der Waals surface area contributed by atoms with E-state index >= 15 is 0 Å². The van der Waals surface area contributed by atoms with Gasteiger partial charge in [0, 0.05) is 0 Å². The molecule has 0 aliphatic carbocycles. The molecule has 0 aliphatic heterocycles. The summed E-state index contributed by atoms with van der Waals surface area (Å²) >= 11 is 0. The maximum absolute atomic E-state index is 9.20. The topological polar surface area (TPSA) is 38.7 Å². The van der Waals surface area contributed by atoms with E-state index in [1.807, 2.05) is 0 Å². The van der Waals surface area contributed by atoms with Gasteiger partial charge in [-0.25, -0.2) is 0 Å². The van der Waals surface area contributed by atoms with Crippen molar-refractivity contribution in [3.05, 3.63) is 18.2 Å². The van der Waals surface area contributed by atoms with Gasteiger partial charge in [0.1, 0.15) is 0 Å². The first-order valence-corrected chi connectivity index (χ1v) is 3.49. The molecule has 0 heterocycles. The number of phenolic OH excluding ortho intramolecular Hbond substituents is 1. The molecule has 0 saturated heterocycles. The minimum Gasteiger partial charge on any atom is -0.504 e. The van der Waals surface area contributed by atoms with Crippen LogP contribution in [0.4, 0.5) is 0 Å². The lowest BCUT2D eigenvalue weighted by Gasteiger charge is -2.07. The molecule has 1 aromatic rings. The highest BCUT2D eigenvalue weighted by molar-refractivity contribution is 7.10. The summed E-state index contributed by atoms with van der Waals surface area (Å²) in [5.41, 5.74) is 0. The van der Waals surface area contributed by atoms with Crippen LogP contribution in [0, 0.1) is 0 Å². The largest absolute Gasteiger partial charge is 0.504 e. The van der Waals surface area contributed by atoms with Crippen molar-refractivity contribution in [3.8, 4) is 17.2 Å². The summed E-state index contributed by atoms with van der Waals surface area (Å²) in [5, 5.41) is 9.20. The number of hydrogen-bond donors (Lipinski definition) is 1. The number of rotatable bonds is 2. The van der Waals surface area contributed by atoms with Crippen LogP contribution in [-0.2, 0) is 0 Å². The Morgan fingerprint density at radius 3 is 2.64 bits per heavy atom. The van der Waals surface area contributed by atoms with Crippen LogP contribution >= 0.6 is 9.47 Å². The fraction of sp³-hybridized carbons (Fsp3) is 0.143. The van der Waals surface area contributed by atoms with Crippen LogP contribution in [0.25, 0.3) is 0 Å². The quantitative estimate of drug-likeness (QED) is 0.688. The summed E-state index contributed by atoms with van der Waals surface area (Å²) in [6.45, 7) is 0. The van der Waals surface area contributed by atoms with E-state index in [2.05, 4.69) is 9.47 Å². The van der Waals surface area contributed by atoms with Crippen LogP contribution < -0.4 is 9.26 Å².